The van der Waals surface area contributed by atoms with E-state index in [0.29, 0.717) is 40.6 Å². The average molecular weight is 494 g/mol. The maximum atomic E-state index is 14.2. The van der Waals surface area contributed by atoms with Crippen LogP contribution in [-0.4, -0.2) is 50.8 Å². The second-order valence-corrected chi connectivity index (χ2v) is 9.36. The van der Waals surface area contributed by atoms with Gasteiger partial charge in [0.25, 0.3) is 0 Å². The number of halogens is 1. The molecule has 0 aliphatic carbocycles. The Morgan fingerprint density at radius 3 is 2.11 bits per heavy atom. The Morgan fingerprint density at radius 1 is 0.757 bits per heavy atom. The molecule has 186 valence electrons. The van der Waals surface area contributed by atoms with Gasteiger partial charge in [-0.15, -0.1) is 5.10 Å². The molecule has 0 spiro atoms. The SMILES string of the molecule is Nc1c2c(-c3cccc(F)c3)nc(N3CCN(Cc4ccccc4)CC3)nc2nn1Cc1ccccc1. The molecule has 0 amide bonds. The van der Waals surface area contributed by atoms with Crippen LogP contribution in [0.3, 0.4) is 0 Å². The standard InChI is InChI=1S/C29H28FN7/c30-24-13-7-12-23(18-24)26-25-27(31)37(20-22-10-5-2-6-11-22)34-28(25)33-29(32-26)36-16-14-35(15-17-36)19-21-8-3-1-4-9-21/h1-13,18H,14-17,19-20,31H2. The fraction of sp³-hybridized carbons (Fsp3) is 0.207. The summed E-state index contributed by atoms with van der Waals surface area (Å²) in [5.74, 6) is 0.739. The van der Waals surface area contributed by atoms with Gasteiger partial charge in [0, 0.05) is 38.3 Å². The van der Waals surface area contributed by atoms with Crippen LogP contribution < -0.4 is 10.6 Å². The summed E-state index contributed by atoms with van der Waals surface area (Å²) in [6.45, 7) is 4.82. The molecule has 1 saturated heterocycles. The highest BCUT2D eigenvalue weighted by atomic mass is 19.1. The van der Waals surface area contributed by atoms with Crippen molar-refractivity contribution in [1.29, 1.82) is 0 Å². The van der Waals surface area contributed by atoms with Crippen molar-refractivity contribution < 1.29 is 4.39 Å². The number of fused-ring (bicyclic) bond motifs is 1. The van der Waals surface area contributed by atoms with Crippen LogP contribution >= 0.6 is 0 Å². The van der Waals surface area contributed by atoms with E-state index in [1.54, 1.807) is 10.7 Å². The van der Waals surface area contributed by atoms with E-state index in [2.05, 4.69) is 34.1 Å². The first-order chi connectivity index (χ1) is 18.1. The van der Waals surface area contributed by atoms with E-state index in [0.717, 1.165) is 38.3 Å². The van der Waals surface area contributed by atoms with E-state index in [1.165, 1.54) is 17.7 Å². The molecule has 1 aliphatic heterocycles. The summed E-state index contributed by atoms with van der Waals surface area (Å²) in [6, 6.07) is 27.0. The summed E-state index contributed by atoms with van der Waals surface area (Å²) in [4.78, 5) is 14.4. The van der Waals surface area contributed by atoms with Crippen molar-refractivity contribution in [2.45, 2.75) is 13.1 Å². The summed E-state index contributed by atoms with van der Waals surface area (Å²) in [5.41, 5.74) is 10.7. The molecule has 0 bridgehead atoms. The lowest BCUT2D eigenvalue weighted by atomic mass is 10.1. The monoisotopic (exact) mass is 493 g/mol. The molecule has 2 aromatic heterocycles. The van der Waals surface area contributed by atoms with Crippen molar-refractivity contribution in [2.24, 2.45) is 0 Å². The summed E-state index contributed by atoms with van der Waals surface area (Å²) in [5, 5.41) is 5.40. The molecule has 8 heteroatoms. The number of anilines is 2. The number of hydrogen-bond acceptors (Lipinski definition) is 6. The number of rotatable bonds is 6. The van der Waals surface area contributed by atoms with Gasteiger partial charge in [-0.25, -0.2) is 14.1 Å². The smallest absolute Gasteiger partial charge is 0.228 e. The van der Waals surface area contributed by atoms with Crippen LogP contribution in [0.15, 0.2) is 84.9 Å². The third kappa shape index (κ3) is 4.88. The summed E-state index contributed by atoms with van der Waals surface area (Å²) < 4.78 is 16.0. The molecule has 6 rings (SSSR count). The van der Waals surface area contributed by atoms with Crippen LogP contribution in [-0.2, 0) is 13.1 Å². The third-order valence-electron chi connectivity index (χ3n) is 6.81. The van der Waals surface area contributed by atoms with Gasteiger partial charge < -0.3 is 10.6 Å². The Bertz CT molecular complexity index is 1510. The predicted octanol–water partition coefficient (Wildman–Crippen LogP) is 4.59. The van der Waals surface area contributed by atoms with Crippen molar-refractivity contribution in [3.63, 3.8) is 0 Å². The van der Waals surface area contributed by atoms with Crippen LogP contribution in [0.25, 0.3) is 22.3 Å². The fourth-order valence-corrected chi connectivity index (χ4v) is 4.85. The van der Waals surface area contributed by atoms with E-state index >= 15 is 0 Å². The number of hydrogen-bond donors (Lipinski definition) is 1. The first-order valence-corrected chi connectivity index (χ1v) is 12.5. The molecule has 1 aliphatic rings. The highest BCUT2D eigenvalue weighted by molar-refractivity contribution is 5.99. The maximum Gasteiger partial charge on any atom is 0.228 e. The molecular weight excluding hydrogens is 465 g/mol. The van der Waals surface area contributed by atoms with E-state index in [1.807, 2.05) is 42.5 Å². The second-order valence-electron chi connectivity index (χ2n) is 9.36. The van der Waals surface area contributed by atoms with Gasteiger partial charge in [-0.2, -0.15) is 4.98 Å². The van der Waals surface area contributed by atoms with Crippen LogP contribution in [0.1, 0.15) is 11.1 Å². The van der Waals surface area contributed by atoms with E-state index in [-0.39, 0.29) is 5.82 Å². The van der Waals surface area contributed by atoms with Crippen molar-refractivity contribution in [3.05, 3.63) is 102 Å². The number of piperazine rings is 1. The lowest BCUT2D eigenvalue weighted by molar-refractivity contribution is 0.249. The first-order valence-electron chi connectivity index (χ1n) is 12.5. The highest BCUT2D eigenvalue weighted by Crippen LogP contribution is 2.33. The zero-order valence-electron chi connectivity index (χ0n) is 20.5. The molecule has 3 aromatic carbocycles. The Hall–Kier alpha value is -4.30. The molecule has 37 heavy (non-hydrogen) atoms. The maximum absolute atomic E-state index is 14.2. The Morgan fingerprint density at radius 2 is 1.43 bits per heavy atom. The van der Waals surface area contributed by atoms with Gasteiger partial charge in [0.05, 0.1) is 17.6 Å². The third-order valence-corrected chi connectivity index (χ3v) is 6.81. The minimum absolute atomic E-state index is 0.324. The van der Waals surface area contributed by atoms with Gasteiger partial charge >= 0.3 is 0 Å². The molecule has 0 saturated carbocycles. The van der Waals surface area contributed by atoms with Crippen molar-refractivity contribution in [1.82, 2.24) is 24.6 Å². The topological polar surface area (TPSA) is 76.1 Å². The number of nitrogens with zero attached hydrogens (tertiary/aromatic N) is 6. The fourth-order valence-electron chi connectivity index (χ4n) is 4.85. The summed E-state index contributed by atoms with van der Waals surface area (Å²) in [6.07, 6.45) is 0. The second kappa shape index (κ2) is 9.99. The first kappa shape index (κ1) is 23.1. The molecular formula is C29H28FN7. The number of benzene rings is 3. The van der Waals surface area contributed by atoms with Gasteiger partial charge in [0.2, 0.25) is 5.95 Å². The average Bonchev–Trinajstić information content (AvgIpc) is 3.24. The zero-order valence-corrected chi connectivity index (χ0v) is 20.5. The van der Waals surface area contributed by atoms with Gasteiger partial charge in [-0.05, 0) is 23.3 Å². The highest BCUT2D eigenvalue weighted by Gasteiger charge is 2.24. The summed E-state index contributed by atoms with van der Waals surface area (Å²) >= 11 is 0. The quantitative estimate of drug-likeness (QED) is 0.373. The van der Waals surface area contributed by atoms with E-state index in [4.69, 9.17) is 20.8 Å². The summed E-state index contributed by atoms with van der Waals surface area (Å²) in [7, 11) is 0. The molecule has 5 aromatic rings. The van der Waals surface area contributed by atoms with Crippen LogP contribution in [0, 0.1) is 5.82 Å². The van der Waals surface area contributed by atoms with Gasteiger partial charge in [-0.1, -0.05) is 72.8 Å². The molecule has 0 unspecified atom stereocenters. The zero-order chi connectivity index (χ0) is 25.2. The van der Waals surface area contributed by atoms with Crippen molar-refractivity contribution >= 4 is 22.8 Å². The molecule has 1 fully saturated rings. The minimum atomic E-state index is -0.324. The van der Waals surface area contributed by atoms with Crippen molar-refractivity contribution in [3.8, 4) is 11.3 Å². The van der Waals surface area contributed by atoms with E-state index in [9.17, 15) is 4.39 Å². The van der Waals surface area contributed by atoms with Crippen LogP contribution in [0.5, 0.6) is 0 Å². The number of aromatic nitrogens is 4. The minimum Gasteiger partial charge on any atom is -0.383 e. The van der Waals surface area contributed by atoms with Gasteiger partial charge in [0.1, 0.15) is 11.6 Å². The lowest BCUT2D eigenvalue weighted by Gasteiger charge is -2.34. The van der Waals surface area contributed by atoms with Crippen LogP contribution in [0.2, 0.25) is 0 Å². The van der Waals surface area contributed by atoms with Crippen LogP contribution in [0.4, 0.5) is 16.2 Å². The number of nitrogens with two attached hydrogens (primary N) is 1. The van der Waals surface area contributed by atoms with Gasteiger partial charge in [-0.3, -0.25) is 4.90 Å². The molecule has 0 radical (unpaired) electrons. The predicted molar refractivity (Wildman–Crippen MR) is 145 cm³/mol. The Balaban J connectivity index is 1.34. The largest absolute Gasteiger partial charge is 0.383 e. The Kier molecular flexibility index (Phi) is 6.24. The molecule has 3 heterocycles. The molecule has 2 N–H and O–H groups in total. The lowest BCUT2D eigenvalue weighted by Crippen LogP contribution is -2.46. The van der Waals surface area contributed by atoms with Gasteiger partial charge in [0.15, 0.2) is 5.65 Å². The molecule has 0 atom stereocenters. The Labute approximate surface area is 215 Å². The number of nitrogen functional groups attached to an aromatic ring is 1. The van der Waals surface area contributed by atoms with Crippen molar-refractivity contribution in [2.75, 3.05) is 36.8 Å². The molecule has 7 nitrogen and oxygen atoms in total. The van der Waals surface area contributed by atoms with E-state index < -0.39 is 0 Å². The normalized spacial score (nSPS) is 14.4.